The van der Waals surface area contributed by atoms with Crippen molar-refractivity contribution in [1.29, 1.82) is 0 Å². The Labute approximate surface area is 112 Å². The summed E-state index contributed by atoms with van der Waals surface area (Å²) in [7, 11) is 2.06. The van der Waals surface area contributed by atoms with E-state index >= 15 is 0 Å². The Morgan fingerprint density at radius 2 is 2.11 bits per heavy atom. The lowest BCUT2D eigenvalue weighted by molar-refractivity contribution is 0.364. The quantitative estimate of drug-likeness (QED) is 0.743. The molecule has 0 amide bonds. The molecule has 2 atom stereocenters. The Morgan fingerprint density at radius 3 is 2.67 bits per heavy atom. The molecule has 1 N–H and O–H groups in total. The molecule has 0 saturated carbocycles. The second kappa shape index (κ2) is 8.25. The van der Waals surface area contributed by atoms with E-state index < -0.39 is 0 Å². The number of aromatic nitrogens is 1. The van der Waals surface area contributed by atoms with Crippen LogP contribution in [0.5, 0.6) is 0 Å². The van der Waals surface area contributed by atoms with Crippen molar-refractivity contribution in [2.45, 2.75) is 58.9 Å². The third-order valence-corrected chi connectivity index (χ3v) is 3.78. The van der Waals surface area contributed by atoms with E-state index in [0.717, 1.165) is 11.6 Å². The molecule has 0 aliphatic heterocycles. The smallest absolute Gasteiger partial charge is 0.0375 e. The highest BCUT2D eigenvalue weighted by molar-refractivity contribution is 5.19. The molecular formula is C16H28N2. The summed E-state index contributed by atoms with van der Waals surface area (Å²) in [6, 6.07) is 4.81. The average molecular weight is 248 g/mol. The van der Waals surface area contributed by atoms with E-state index in [1.54, 1.807) is 0 Å². The van der Waals surface area contributed by atoms with Crippen molar-refractivity contribution in [3.8, 4) is 0 Å². The molecule has 18 heavy (non-hydrogen) atoms. The first kappa shape index (κ1) is 15.2. The molecule has 0 aromatic carbocycles. The number of unbranched alkanes of at least 4 members (excludes halogenated alkanes) is 1. The fraction of sp³-hybridized carbons (Fsp3) is 0.688. The first-order chi connectivity index (χ1) is 8.71. The number of hydrogen-bond donors (Lipinski definition) is 1. The van der Waals surface area contributed by atoms with Gasteiger partial charge in [0.2, 0.25) is 0 Å². The Balaban J connectivity index is 2.65. The van der Waals surface area contributed by atoms with Gasteiger partial charge < -0.3 is 5.32 Å². The van der Waals surface area contributed by atoms with Crippen LogP contribution in [0, 0.1) is 12.8 Å². The van der Waals surface area contributed by atoms with E-state index in [4.69, 9.17) is 0 Å². The normalized spacial score (nSPS) is 14.4. The second-order valence-electron chi connectivity index (χ2n) is 5.22. The molecule has 1 aromatic rings. The summed E-state index contributed by atoms with van der Waals surface area (Å²) in [5.41, 5.74) is 2.48. The summed E-state index contributed by atoms with van der Waals surface area (Å²) in [5.74, 6) is 0.830. The fourth-order valence-electron chi connectivity index (χ4n) is 2.52. The summed E-state index contributed by atoms with van der Waals surface area (Å²) in [5, 5.41) is 3.46. The van der Waals surface area contributed by atoms with Crippen LogP contribution in [0.3, 0.4) is 0 Å². The third kappa shape index (κ3) is 4.77. The van der Waals surface area contributed by atoms with Gasteiger partial charge in [-0.2, -0.15) is 0 Å². The van der Waals surface area contributed by atoms with Crippen LogP contribution in [0.2, 0.25) is 0 Å². The Kier molecular flexibility index (Phi) is 6.96. The van der Waals surface area contributed by atoms with E-state index in [1.165, 1.54) is 37.7 Å². The molecule has 0 aliphatic rings. The third-order valence-electron chi connectivity index (χ3n) is 3.78. The van der Waals surface area contributed by atoms with Crippen LogP contribution in [-0.2, 0) is 0 Å². The standard InChI is InChI=1S/C16H28N2/c1-5-7-8-14(6-2)12-16(17-4)15-9-10-18-13(3)11-15/h9-11,14,16-17H,5-8,12H2,1-4H3. The van der Waals surface area contributed by atoms with Crippen molar-refractivity contribution in [2.24, 2.45) is 5.92 Å². The highest BCUT2D eigenvalue weighted by Crippen LogP contribution is 2.26. The highest BCUT2D eigenvalue weighted by atomic mass is 14.9. The summed E-state index contributed by atoms with van der Waals surface area (Å²) < 4.78 is 0. The predicted molar refractivity (Wildman–Crippen MR) is 78.7 cm³/mol. The maximum absolute atomic E-state index is 4.28. The first-order valence-corrected chi connectivity index (χ1v) is 7.31. The van der Waals surface area contributed by atoms with Gasteiger partial charge in [0.05, 0.1) is 0 Å². The number of nitrogens with zero attached hydrogens (tertiary/aromatic N) is 1. The van der Waals surface area contributed by atoms with Crippen molar-refractivity contribution in [2.75, 3.05) is 7.05 Å². The van der Waals surface area contributed by atoms with Crippen LogP contribution in [0.4, 0.5) is 0 Å². The molecule has 2 nitrogen and oxygen atoms in total. The van der Waals surface area contributed by atoms with Crippen LogP contribution in [0.25, 0.3) is 0 Å². The summed E-state index contributed by atoms with van der Waals surface area (Å²) in [6.45, 7) is 6.64. The van der Waals surface area contributed by atoms with E-state index in [2.05, 4.69) is 50.3 Å². The van der Waals surface area contributed by atoms with Crippen molar-refractivity contribution < 1.29 is 0 Å². The van der Waals surface area contributed by atoms with Gasteiger partial charge in [-0.25, -0.2) is 0 Å². The Hall–Kier alpha value is -0.890. The first-order valence-electron chi connectivity index (χ1n) is 7.31. The minimum Gasteiger partial charge on any atom is -0.313 e. The van der Waals surface area contributed by atoms with Crippen molar-refractivity contribution in [3.05, 3.63) is 29.6 Å². The van der Waals surface area contributed by atoms with Gasteiger partial charge in [-0.3, -0.25) is 4.98 Å². The molecular weight excluding hydrogens is 220 g/mol. The molecule has 0 bridgehead atoms. The van der Waals surface area contributed by atoms with Crippen LogP contribution in [0.15, 0.2) is 18.3 Å². The van der Waals surface area contributed by atoms with Gasteiger partial charge in [0.15, 0.2) is 0 Å². The number of aryl methyl sites for hydroxylation is 1. The van der Waals surface area contributed by atoms with Gasteiger partial charge in [0, 0.05) is 17.9 Å². The van der Waals surface area contributed by atoms with Gasteiger partial charge in [-0.1, -0.05) is 39.5 Å². The minimum atomic E-state index is 0.466. The van der Waals surface area contributed by atoms with Gasteiger partial charge in [-0.05, 0) is 44.0 Å². The minimum absolute atomic E-state index is 0.466. The number of rotatable bonds is 8. The van der Waals surface area contributed by atoms with Gasteiger partial charge in [-0.15, -0.1) is 0 Å². The van der Waals surface area contributed by atoms with Gasteiger partial charge >= 0.3 is 0 Å². The summed E-state index contributed by atoms with van der Waals surface area (Å²) in [4.78, 5) is 4.28. The molecule has 0 radical (unpaired) electrons. The predicted octanol–water partition coefficient (Wildman–Crippen LogP) is 4.26. The number of pyridine rings is 1. The lowest BCUT2D eigenvalue weighted by atomic mass is 9.89. The molecule has 102 valence electrons. The van der Waals surface area contributed by atoms with Gasteiger partial charge in [0.25, 0.3) is 0 Å². The fourth-order valence-corrected chi connectivity index (χ4v) is 2.52. The van der Waals surface area contributed by atoms with Gasteiger partial charge in [0.1, 0.15) is 0 Å². The largest absolute Gasteiger partial charge is 0.313 e. The zero-order valence-electron chi connectivity index (χ0n) is 12.4. The zero-order chi connectivity index (χ0) is 13.4. The number of hydrogen-bond acceptors (Lipinski definition) is 2. The Bertz CT molecular complexity index is 336. The number of nitrogens with one attached hydrogen (secondary N) is 1. The maximum Gasteiger partial charge on any atom is 0.0375 e. The van der Waals surface area contributed by atoms with E-state index in [9.17, 15) is 0 Å². The van der Waals surface area contributed by atoms with Crippen LogP contribution in [-0.4, -0.2) is 12.0 Å². The second-order valence-corrected chi connectivity index (χ2v) is 5.22. The van der Waals surface area contributed by atoms with Crippen LogP contribution < -0.4 is 5.32 Å². The highest BCUT2D eigenvalue weighted by Gasteiger charge is 2.15. The zero-order valence-corrected chi connectivity index (χ0v) is 12.4. The van der Waals surface area contributed by atoms with Crippen molar-refractivity contribution in [1.82, 2.24) is 10.3 Å². The summed E-state index contributed by atoms with van der Waals surface area (Å²) >= 11 is 0. The average Bonchev–Trinajstić information content (AvgIpc) is 2.39. The van der Waals surface area contributed by atoms with E-state index in [0.29, 0.717) is 6.04 Å². The molecule has 0 fully saturated rings. The molecule has 2 unspecified atom stereocenters. The van der Waals surface area contributed by atoms with Crippen molar-refractivity contribution in [3.63, 3.8) is 0 Å². The van der Waals surface area contributed by atoms with Crippen LogP contribution in [0.1, 0.15) is 63.3 Å². The lowest BCUT2D eigenvalue weighted by Crippen LogP contribution is -2.20. The Morgan fingerprint density at radius 1 is 1.33 bits per heavy atom. The molecule has 0 spiro atoms. The monoisotopic (exact) mass is 248 g/mol. The molecule has 1 heterocycles. The molecule has 2 heteroatoms. The summed E-state index contributed by atoms with van der Waals surface area (Å²) in [6.07, 6.45) is 8.44. The lowest BCUT2D eigenvalue weighted by Gasteiger charge is -2.23. The SMILES string of the molecule is CCCCC(CC)CC(NC)c1ccnc(C)c1. The molecule has 1 rings (SSSR count). The van der Waals surface area contributed by atoms with Crippen LogP contribution >= 0.6 is 0 Å². The molecule has 1 aromatic heterocycles. The topological polar surface area (TPSA) is 24.9 Å². The van der Waals surface area contributed by atoms with E-state index in [1.807, 2.05) is 6.20 Å². The maximum atomic E-state index is 4.28. The molecule has 0 saturated heterocycles. The van der Waals surface area contributed by atoms with E-state index in [-0.39, 0.29) is 0 Å². The van der Waals surface area contributed by atoms with Crippen molar-refractivity contribution >= 4 is 0 Å². The molecule has 0 aliphatic carbocycles.